The van der Waals surface area contributed by atoms with Gasteiger partial charge in [0.05, 0.1) is 16.0 Å². The van der Waals surface area contributed by atoms with E-state index in [9.17, 15) is 8.42 Å². The smallest absolute Gasteiger partial charge is 0.261 e. The average molecular weight is 399 g/mol. The Bertz CT molecular complexity index is 596. The van der Waals surface area contributed by atoms with E-state index in [0.29, 0.717) is 23.4 Å². The Labute approximate surface area is 137 Å². The van der Waals surface area contributed by atoms with Crippen molar-refractivity contribution in [3.8, 4) is 5.75 Å². The standard InChI is InChI=1S/C13H17BrClNO4S/c1-2-16-5-6-19-10(8-16)9-20-13-4-3-11(7-12(13)14)21(15,17)18/h3-4,7,10H,2,5-6,8-9H2,1H3. The van der Waals surface area contributed by atoms with E-state index >= 15 is 0 Å². The Morgan fingerprint density at radius 1 is 1.52 bits per heavy atom. The third kappa shape index (κ3) is 4.82. The number of hydrogen-bond acceptors (Lipinski definition) is 5. The largest absolute Gasteiger partial charge is 0.490 e. The molecule has 2 rings (SSSR count). The van der Waals surface area contributed by atoms with Crippen molar-refractivity contribution in [1.29, 1.82) is 0 Å². The molecule has 1 atom stereocenters. The normalized spacial score (nSPS) is 20.4. The molecule has 21 heavy (non-hydrogen) atoms. The SMILES string of the molecule is CCN1CCOC(COc2ccc(S(=O)(=O)Cl)cc2Br)C1. The lowest BCUT2D eigenvalue weighted by Gasteiger charge is -2.31. The van der Waals surface area contributed by atoms with E-state index in [2.05, 4.69) is 27.8 Å². The summed E-state index contributed by atoms with van der Waals surface area (Å²) in [4.78, 5) is 2.34. The number of halogens is 2. The van der Waals surface area contributed by atoms with Crippen LogP contribution >= 0.6 is 26.6 Å². The van der Waals surface area contributed by atoms with Crippen molar-refractivity contribution < 1.29 is 17.9 Å². The van der Waals surface area contributed by atoms with Gasteiger partial charge in [0.15, 0.2) is 0 Å². The van der Waals surface area contributed by atoms with E-state index in [1.165, 1.54) is 12.1 Å². The summed E-state index contributed by atoms with van der Waals surface area (Å²) in [6.07, 6.45) is 0.0158. The second kappa shape index (κ2) is 7.28. The summed E-state index contributed by atoms with van der Waals surface area (Å²) < 4.78 is 34.4. The quantitative estimate of drug-likeness (QED) is 0.713. The van der Waals surface area contributed by atoms with E-state index in [-0.39, 0.29) is 11.0 Å². The van der Waals surface area contributed by atoms with Gasteiger partial charge >= 0.3 is 0 Å². The molecule has 0 amide bonds. The van der Waals surface area contributed by atoms with Crippen molar-refractivity contribution in [2.75, 3.05) is 32.8 Å². The van der Waals surface area contributed by atoms with E-state index in [1.807, 2.05) is 0 Å². The molecule has 0 bridgehead atoms. The molecule has 0 saturated carbocycles. The number of morpholine rings is 1. The number of likely N-dealkylation sites (N-methyl/N-ethyl adjacent to an activating group) is 1. The summed E-state index contributed by atoms with van der Waals surface area (Å²) in [5, 5.41) is 0. The van der Waals surface area contributed by atoms with Gasteiger partial charge in [0.2, 0.25) is 0 Å². The van der Waals surface area contributed by atoms with Gasteiger partial charge in [0.1, 0.15) is 18.5 Å². The molecule has 1 heterocycles. The lowest BCUT2D eigenvalue weighted by Crippen LogP contribution is -2.44. The average Bonchev–Trinajstić information content (AvgIpc) is 2.45. The van der Waals surface area contributed by atoms with Gasteiger partial charge in [0.25, 0.3) is 9.05 Å². The number of rotatable bonds is 5. The van der Waals surface area contributed by atoms with Gasteiger partial charge in [-0.15, -0.1) is 0 Å². The van der Waals surface area contributed by atoms with Crippen LogP contribution in [0.2, 0.25) is 0 Å². The predicted molar refractivity (Wildman–Crippen MR) is 84.5 cm³/mol. The van der Waals surface area contributed by atoms with Crippen molar-refractivity contribution in [2.24, 2.45) is 0 Å². The highest BCUT2D eigenvalue weighted by Gasteiger charge is 2.20. The van der Waals surface area contributed by atoms with Gasteiger partial charge in [-0.25, -0.2) is 8.42 Å². The number of benzene rings is 1. The van der Waals surface area contributed by atoms with Crippen LogP contribution < -0.4 is 4.74 Å². The highest BCUT2D eigenvalue weighted by atomic mass is 79.9. The molecule has 1 aliphatic heterocycles. The first-order valence-electron chi connectivity index (χ1n) is 6.61. The van der Waals surface area contributed by atoms with Crippen LogP contribution in [0.3, 0.4) is 0 Å². The van der Waals surface area contributed by atoms with Crippen LogP contribution in [0.25, 0.3) is 0 Å². The van der Waals surface area contributed by atoms with Crippen LogP contribution in [0.1, 0.15) is 6.92 Å². The topological polar surface area (TPSA) is 55.8 Å². The van der Waals surface area contributed by atoms with Crippen molar-refractivity contribution >= 4 is 35.7 Å². The van der Waals surface area contributed by atoms with Crippen LogP contribution in [0.5, 0.6) is 5.75 Å². The fourth-order valence-electron chi connectivity index (χ4n) is 2.10. The minimum Gasteiger partial charge on any atom is -0.490 e. The lowest BCUT2D eigenvalue weighted by molar-refractivity contribution is -0.0465. The number of hydrogen-bond donors (Lipinski definition) is 0. The zero-order valence-corrected chi connectivity index (χ0v) is 14.7. The maximum atomic E-state index is 11.2. The summed E-state index contributed by atoms with van der Waals surface area (Å²) in [7, 11) is 1.57. The van der Waals surface area contributed by atoms with Gasteiger partial charge in [-0.05, 0) is 40.7 Å². The van der Waals surface area contributed by atoms with Crippen LogP contribution in [0.4, 0.5) is 0 Å². The third-order valence-electron chi connectivity index (χ3n) is 3.28. The van der Waals surface area contributed by atoms with Crippen molar-refractivity contribution in [2.45, 2.75) is 17.9 Å². The molecule has 0 radical (unpaired) electrons. The first-order valence-corrected chi connectivity index (χ1v) is 9.71. The van der Waals surface area contributed by atoms with Crippen molar-refractivity contribution in [3.63, 3.8) is 0 Å². The molecule has 1 aliphatic rings. The minimum absolute atomic E-state index is 0.0158. The summed E-state index contributed by atoms with van der Waals surface area (Å²) in [5.41, 5.74) is 0. The lowest BCUT2D eigenvalue weighted by atomic mass is 10.3. The molecule has 0 spiro atoms. The zero-order valence-electron chi connectivity index (χ0n) is 11.6. The highest BCUT2D eigenvalue weighted by Crippen LogP contribution is 2.29. The Hall–Kier alpha value is -0.340. The van der Waals surface area contributed by atoms with Gasteiger partial charge < -0.3 is 9.47 Å². The molecule has 0 aliphatic carbocycles. The summed E-state index contributed by atoms with van der Waals surface area (Å²) in [6.45, 7) is 6.01. The fraction of sp³-hybridized carbons (Fsp3) is 0.538. The highest BCUT2D eigenvalue weighted by molar-refractivity contribution is 9.10. The van der Waals surface area contributed by atoms with E-state index in [4.69, 9.17) is 20.2 Å². The molecule has 5 nitrogen and oxygen atoms in total. The van der Waals surface area contributed by atoms with Gasteiger partial charge in [0, 0.05) is 23.8 Å². The minimum atomic E-state index is -3.73. The molecule has 0 N–H and O–H groups in total. The summed E-state index contributed by atoms with van der Waals surface area (Å²) in [5.74, 6) is 0.566. The number of nitrogens with zero attached hydrogens (tertiary/aromatic N) is 1. The fourth-order valence-corrected chi connectivity index (χ4v) is 3.52. The van der Waals surface area contributed by atoms with Gasteiger partial charge in [-0.3, -0.25) is 4.90 Å². The zero-order chi connectivity index (χ0) is 15.5. The molecule has 118 valence electrons. The van der Waals surface area contributed by atoms with Gasteiger partial charge in [-0.1, -0.05) is 6.92 Å². The molecule has 1 fully saturated rings. The van der Waals surface area contributed by atoms with E-state index < -0.39 is 9.05 Å². The first-order chi connectivity index (χ1) is 9.90. The molecular formula is C13H17BrClNO4S. The Kier molecular flexibility index (Phi) is 5.90. The molecule has 1 unspecified atom stereocenters. The van der Waals surface area contributed by atoms with Crippen molar-refractivity contribution in [3.05, 3.63) is 22.7 Å². The number of ether oxygens (including phenoxy) is 2. The first kappa shape index (κ1) is 17.0. The van der Waals surface area contributed by atoms with Gasteiger partial charge in [-0.2, -0.15) is 0 Å². The molecule has 1 aromatic carbocycles. The molecule has 1 aromatic rings. The van der Waals surface area contributed by atoms with Crippen LogP contribution in [-0.4, -0.2) is 52.3 Å². The van der Waals surface area contributed by atoms with Crippen LogP contribution in [0.15, 0.2) is 27.6 Å². The Morgan fingerprint density at radius 3 is 2.90 bits per heavy atom. The maximum absolute atomic E-state index is 11.2. The second-order valence-electron chi connectivity index (χ2n) is 4.73. The van der Waals surface area contributed by atoms with E-state index in [0.717, 1.165) is 19.6 Å². The van der Waals surface area contributed by atoms with E-state index in [1.54, 1.807) is 6.07 Å². The monoisotopic (exact) mass is 397 g/mol. The summed E-state index contributed by atoms with van der Waals surface area (Å²) in [6, 6.07) is 4.43. The van der Waals surface area contributed by atoms with Crippen molar-refractivity contribution in [1.82, 2.24) is 4.90 Å². The maximum Gasteiger partial charge on any atom is 0.261 e. The van der Waals surface area contributed by atoms with Crippen LogP contribution in [0, 0.1) is 0 Å². The molecule has 0 aromatic heterocycles. The molecular weight excluding hydrogens is 382 g/mol. The third-order valence-corrected chi connectivity index (χ3v) is 5.25. The Morgan fingerprint density at radius 2 is 2.29 bits per heavy atom. The predicted octanol–water partition coefficient (Wildman–Crippen LogP) is 2.48. The molecule has 8 heteroatoms. The second-order valence-corrected chi connectivity index (χ2v) is 8.15. The summed E-state index contributed by atoms with van der Waals surface area (Å²) >= 11 is 3.29. The molecule has 1 saturated heterocycles. The Balaban J connectivity index is 1.97. The van der Waals surface area contributed by atoms with Crippen LogP contribution in [-0.2, 0) is 13.8 Å².